The first kappa shape index (κ1) is 30.9. The number of benzene rings is 2. The van der Waals surface area contributed by atoms with Gasteiger partial charge in [-0.3, -0.25) is 14.4 Å². The molecule has 226 valence electrons. The predicted molar refractivity (Wildman–Crippen MR) is 154 cm³/mol. The van der Waals surface area contributed by atoms with Crippen LogP contribution in [0.5, 0.6) is 5.75 Å². The SMILES string of the molecule is CC(C)[C@H]1C(O)[C@@H](C(N)=O)C(=O)[C@]2(O)C(O)[C@H]3C(=O)c4c(O)cccc4[C@@H](Cc4ccc(Cl)c(Cl)c4)[C@]3(C)[C@@H](O)[C@]12C. The van der Waals surface area contributed by atoms with E-state index >= 15 is 0 Å². The summed E-state index contributed by atoms with van der Waals surface area (Å²) in [5.41, 5.74) is 0.151. The average Bonchev–Trinajstić information content (AvgIpc) is 2.90. The summed E-state index contributed by atoms with van der Waals surface area (Å²) < 4.78 is 0. The Morgan fingerprint density at radius 2 is 1.69 bits per heavy atom. The first-order chi connectivity index (χ1) is 19.5. The lowest BCUT2D eigenvalue weighted by molar-refractivity contribution is -0.307. The van der Waals surface area contributed by atoms with Crippen molar-refractivity contribution in [1.29, 1.82) is 0 Å². The van der Waals surface area contributed by atoms with E-state index in [0.717, 1.165) is 0 Å². The second-order valence-corrected chi connectivity index (χ2v) is 13.7. The summed E-state index contributed by atoms with van der Waals surface area (Å²) >= 11 is 12.5. The van der Waals surface area contributed by atoms with Crippen LogP contribution in [0.15, 0.2) is 36.4 Å². The van der Waals surface area contributed by atoms with Crippen LogP contribution in [0.2, 0.25) is 10.0 Å². The van der Waals surface area contributed by atoms with Gasteiger partial charge in [0, 0.05) is 10.8 Å². The maximum absolute atomic E-state index is 14.2. The zero-order chi connectivity index (χ0) is 31.3. The number of hydrogen-bond donors (Lipinski definition) is 6. The summed E-state index contributed by atoms with van der Waals surface area (Å²) in [6.07, 6.45) is -5.32. The van der Waals surface area contributed by atoms with Gasteiger partial charge in [-0.1, -0.05) is 69.1 Å². The summed E-state index contributed by atoms with van der Waals surface area (Å²) in [4.78, 5) is 40.6. The zero-order valence-electron chi connectivity index (χ0n) is 23.6. The highest BCUT2D eigenvalue weighted by Crippen LogP contribution is 2.68. The number of rotatable bonds is 4. The molecule has 0 aliphatic heterocycles. The molecular formula is C31H35Cl2NO8. The van der Waals surface area contributed by atoms with Gasteiger partial charge in [-0.15, -0.1) is 0 Å². The van der Waals surface area contributed by atoms with Crippen LogP contribution < -0.4 is 5.73 Å². The number of aliphatic hydroxyl groups excluding tert-OH is 3. The van der Waals surface area contributed by atoms with E-state index in [0.29, 0.717) is 16.1 Å². The van der Waals surface area contributed by atoms with Crippen molar-refractivity contribution in [1.82, 2.24) is 0 Å². The molecule has 5 rings (SSSR count). The van der Waals surface area contributed by atoms with Crippen molar-refractivity contribution in [2.45, 2.75) is 63.9 Å². The van der Waals surface area contributed by atoms with E-state index in [2.05, 4.69) is 0 Å². The quantitative estimate of drug-likeness (QED) is 0.283. The molecule has 0 radical (unpaired) electrons. The lowest BCUT2D eigenvalue weighted by Gasteiger charge is -2.69. The van der Waals surface area contributed by atoms with Crippen molar-refractivity contribution in [2.75, 3.05) is 0 Å². The fourth-order valence-electron chi connectivity index (χ4n) is 8.78. The molecule has 2 aromatic carbocycles. The van der Waals surface area contributed by atoms with E-state index in [9.17, 15) is 39.9 Å². The molecule has 2 saturated carbocycles. The van der Waals surface area contributed by atoms with Gasteiger partial charge in [0.15, 0.2) is 17.2 Å². The minimum absolute atomic E-state index is 0.0985. The number of ketones is 2. The molecule has 9 nitrogen and oxygen atoms in total. The molecule has 2 aromatic rings. The van der Waals surface area contributed by atoms with Gasteiger partial charge in [0.05, 0.1) is 33.7 Å². The van der Waals surface area contributed by atoms with Crippen LogP contribution in [-0.2, 0) is 16.0 Å². The molecule has 11 heteroatoms. The summed E-state index contributed by atoms with van der Waals surface area (Å²) in [6, 6.07) is 9.53. The molecule has 1 amide bonds. The van der Waals surface area contributed by atoms with Gasteiger partial charge >= 0.3 is 0 Å². The van der Waals surface area contributed by atoms with E-state index in [1.165, 1.54) is 13.0 Å². The highest BCUT2D eigenvalue weighted by molar-refractivity contribution is 6.42. The Bertz CT molecular complexity index is 1500. The van der Waals surface area contributed by atoms with E-state index in [4.69, 9.17) is 28.9 Å². The minimum atomic E-state index is -2.85. The van der Waals surface area contributed by atoms with Crippen LogP contribution in [0.1, 0.15) is 55.1 Å². The molecule has 0 saturated heterocycles. The normalized spacial score (nSPS) is 39.5. The fraction of sp³-hybridized carbons (Fsp3) is 0.516. The summed E-state index contributed by atoms with van der Waals surface area (Å²) in [5, 5.41) is 59.8. The number of aromatic hydroxyl groups is 1. The Hall–Kier alpha value is -2.53. The molecule has 42 heavy (non-hydrogen) atoms. The van der Waals surface area contributed by atoms with Crippen molar-refractivity contribution in [2.24, 2.45) is 40.2 Å². The number of halogens is 2. The van der Waals surface area contributed by atoms with Gasteiger partial charge in [-0.25, -0.2) is 0 Å². The fourth-order valence-corrected chi connectivity index (χ4v) is 9.10. The lowest BCUT2D eigenvalue weighted by atomic mass is 9.36. The lowest BCUT2D eigenvalue weighted by Crippen LogP contribution is -2.83. The first-order valence-electron chi connectivity index (χ1n) is 13.9. The topological polar surface area (TPSA) is 178 Å². The van der Waals surface area contributed by atoms with Gasteiger partial charge < -0.3 is 31.3 Å². The average molecular weight is 621 g/mol. The highest BCUT2D eigenvalue weighted by atomic mass is 35.5. The van der Waals surface area contributed by atoms with Crippen molar-refractivity contribution in [3.05, 3.63) is 63.1 Å². The molecule has 3 aliphatic rings. The van der Waals surface area contributed by atoms with Crippen LogP contribution in [0.3, 0.4) is 0 Å². The second kappa shape index (κ2) is 10.0. The van der Waals surface area contributed by atoms with Crippen LogP contribution >= 0.6 is 23.2 Å². The van der Waals surface area contributed by atoms with Crippen LogP contribution in [-0.4, -0.2) is 66.9 Å². The predicted octanol–water partition coefficient (Wildman–Crippen LogP) is 2.63. The third kappa shape index (κ3) is 3.74. The van der Waals surface area contributed by atoms with Crippen LogP contribution in [0.4, 0.5) is 0 Å². The number of carbonyl (C=O) groups is 3. The Balaban J connectivity index is 1.82. The van der Waals surface area contributed by atoms with Crippen molar-refractivity contribution < 1.29 is 39.9 Å². The van der Waals surface area contributed by atoms with Gasteiger partial charge in [0.25, 0.3) is 0 Å². The number of aliphatic hydroxyl groups is 4. The number of hydrogen-bond acceptors (Lipinski definition) is 8. The Kier molecular flexibility index (Phi) is 7.36. The summed E-state index contributed by atoms with van der Waals surface area (Å²) in [5.74, 6) is -9.45. The highest BCUT2D eigenvalue weighted by Gasteiger charge is 2.80. The monoisotopic (exact) mass is 619 g/mol. The number of amides is 1. The maximum Gasteiger partial charge on any atom is 0.230 e. The molecule has 0 bridgehead atoms. The van der Waals surface area contributed by atoms with Gasteiger partial charge in [0.1, 0.15) is 17.8 Å². The molecule has 0 aromatic heterocycles. The van der Waals surface area contributed by atoms with Crippen molar-refractivity contribution in [3.63, 3.8) is 0 Å². The van der Waals surface area contributed by atoms with Crippen molar-refractivity contribution >= 4 is 40.7 Å². The zero-order valence-corrected chi connectivity index (χ0v) is 25.1. The largest absolute Gasteiger partial charge is 0.507 e. The number of carbonyl (C=O) groups excluding carboxylic acids is 3. The summed E-state index contributed by atoms with van der Waals surface area (Å²) in [6.45, 7) is 6.42. The van der Waals surface area contributed by atoms with Crippen molar-refractivity contribution in [3.8, 4) is 5.75 Å². The Morgan fingerprint density at radius 1 is 1.05 bits per heavy atom. The Morgan fingerprint density at radius 3 is 2.26 bits per heavy atom. The van der Waals surface area contributed by atoms with Crippen LogP contribution in [0, 0.1) is 34.5 Å². The third-order valence-electron chi connectivity index (χ3n) is 10.6. The maximum atomic E-state index is 14.2. The number of phenols is 1. The van der Waals surface area contributed by atoms with E-state index < -0.39 is 81.8 Å². The van der Waals surface area contributed by atoms with E-state index in [-0.39, 0.29) is 22.8 Å². The van der Waals surface area contributed by atoms with Gasteiger partial charge in [0.2, 0.25) is 5.91 Å². The molecule has 10 atom stereocenters. The Labute approximate surface area is 253 Å². The molecule has 0 spiro atoms. The first-order valence-corrected chi connectivity index (χ1v) is 14.6. The number of Topliss-reactive ketones (excluding diaryl/α,β-unsaturated/α-hetero) is 2. The summed E-state index contributed by atoms with van der Waals surface area (Å²) in [7, 11) is 0. The second-order valence-electron chi connectivity index (χ2n) is 12.9. The number of nitrogens with two attached hydrogens (primary N) is 1. The van der Waals surface area contributed by atoms with Gasteiger partial charge in [-0.2, -0.15) is 0 Å². The molecule has 2 fully saturated rings. The van der Waals surface area contributed by atoms with Crippen LogP contribution in [0.25, 0.3) is 0 Å². The number of phenolic OH excluding ortho intramolecular Hbond substituents is 1. The standard InChI is InChI=1S/C31H35Cl2NO8/c1-12(2)21-24(37)20(27(34)40)25(38)31(42)26(39)22-23(36)19-14(6-5-7-18(19)35)15(29(22,3)28(41)30(21,31)4)10-13-8-9-16(32)17(33)11-13/h5-9,11-12,15,20-22,24,26,28,35,37,39,41-42H,10H2,1-4H3,(H2,34,40)/t15-,20-,21+,22-,24?,26?,28-,29+,30+,31+/m1/s1. The number of fused-ring (bicyclic) bond motifs is 3. The smallest absolute Gasteiger partial charge is 0.230 e. The third-order valence-corrected chi connectivity index (χ3v) is 11.4. The van der Waals surface area contributed by atoms with E-state index in [1.807, 2.05) is 0 Å². The minimum Gasteiger partial charge on any atom is -0.507 e. The van der Waals surface area contributed by atoms with E-state index in [1.54, 1.807) is 51.1 Å². The van der Waals surface area contributed by atoms with Gasteiger partial charge in [-0.05, 0) is 53.5 Å². The molecule has 2 unspecified atom stereocenters. The number of primary amides is 1. The molecule has 7 N–H and O–H groups in total. The molecule has 3 aliphatic carbocycles. The molecule has 0 heterocycles. The molecular weight excluding hydrogens is 585 g/mol.